The zero-order valence-electron chi connectivity index (χ0n) is 16.4. The molecule has 4 rings (SSSR count). The Labute approximate surface area is 169 Å². The van der Waals surface area contributed by atoms with Gasteiger partial charge in [0.15, 0.2) is 0 Å². The molecule has 1 aromatic heterocycles. The fourth-order valence-electron chi connectivity index (χ4n) is 3.69. The summed E-state index contributed by atoms with van der Waals surface area (Å²) in [6, 6.07) is 14.2. The van der Waals surface area contributed by atoms with Crippen LogP contribution >= 0.6 is 0 Å². The van der Waals surface area contributed by atoms with Crippen molar-refractivity contribution >= 4 is 28.3 Å². The Hall–Kier alpha value is -3.28. The topological polar surface area (TPSA) is 71.8 Å². The van der Waals surface area contributed by atoms with Gasteiger partial charge in [-0.1, -0.05) is 0 Å². The SMILES string of the molecule is CCOc1ccc2c(C(=O)Nc3ccc(N4CCCCC4)cc3)cc(=O)oc2c1. The third kappa shape index (κ3) is 4.26. The Morgan fingerprint density at radius 1 is 1.07 bits per heavy atom. The molecule has 0 bridgehead atoms. The number of hydrogen-bond donors (Lipinski definition) is 1. The number of anilines is 2. The summed E-state index contributed by atoms with van der Waals surface area (Å²) in [5.74, 6) is 0.242. The number of fused-ring (bicyclic) bond motifs is 1. The van der Waals surface area contributed by atoms with E-state index in [1.54, 1.807) is 18.2 Å². The standard InChI is InChI=1S/C23H24N2O4/c1-2-28-18-10-11-19-20(15-22(26)29-21(19)14-18)23(27)24-16-6-8-17(9-7-16)25-12-4-3-5-13-25/h6-11,14-15H,2-5,12-13H2,1H3,(H,24,27). The van der Waals surface area contributed by atoms with Gasteiger partial charge in [-0.3, -0.25) is 4.79 Å². The predicted octanol–water partition coefficient (Wildman–Crippen LogP) is 4.43. The number of carbonyl (C=O) groups is 1. The fourth-order valence-corrected chi connectivity index (χ4v) is 3.69. The second-order valence-corrected chi connectivity index (χ2v) is 7.12. The van der Waals surface area contributed by atoms with Gasteiger partial charge in [0.05, 0.1) is 12.2 Å². The van der Waals surface area contributed by atoms with Crippen molar-refractivity contribution in [3.8, 4) is 5.75 Å². The van der Waals surface area contributed by atoms with E-state index in [0.717, 1.165) is 18.8 Å². The second-order valence-electron chi connectivity index (χ2n) is 7.12. The largest absolute Gasteiger partial charge is 0.494 e. The van der Waals surface area contributed by atoms with Gasteiger partial charge in [-0.2, -0.15) is 0 Å². The lowest BCUT2D eigenvalue weighted by Crippen LogP contribution is -2.29. The summed E-state index contributed by atoms with van der Waals surface area (Å²) in [5, 5.41) is 3.44. The van der Waals surface area contributed by atoms with E-state index in [-0.39, 0.29) is 11.5 Å². The summed E-state index contributed by atoms with van der Waals surface area (Å²) >= 11 is 0. The second kappa shape index (κ2) is 8.39. The Kier molecular flexibility index (Phi) is 5.51. The summed E-state index contributed by atoms with van der Waals surface area (Å²) in [6.45, 7) is 4.52. The average Bonchev–Trinajstić information content (AvgIpc) is 2.74. The van der Waals surface area contributed by atoms with Crippen LogP contribution in [0.1, 0.15) is 36.5 Å². The normalized spacial score (nSPS) is 14.0. The molecule has 1 aliphatic rings. The Balaban J connectivity index is 1.56. The summed E-state index contributed by atoms with van der Waals surface area (Å²) in [7, 11) is 0. The number of hydrogen-bond acceptors (Lipinski definition) is 5. The van der Waals surface area contributed by atoms with Crippen LogP contribution in [0.25, 0.3) is 11.0 Å². The minimum atomic E-state index is -0.572. The maximum atomic E-state index is 12.8. The van der Waals surface area contributed by atoms with Gasteiger partial charge in [-0.25, -0.2) is 4.79 Å². The van der Waals surface area contributed by atoms with E-state index in [9.17, 15) is 9.59 Å². The molecular weight excluding hydrogens is 368 g/mol. The highest BCUT2D eigenvalue weighted by Gasteiger charge is 2.15. The van der Waals surface area contributed by atoms with E-state index in [1.807, 2.05) is 31.2 Å². The molecule has 0 radical (unpaired) electrons. The number of ether oxygens (including phenoxy) is 1. The van der Waals surface area contributed by atoms with Crippen molar-refractivity contribution in [1.29, 1.82) is 0 Å². The molecule has 1 saturated heterocycles. The quantitative estimate of drug-likeness (QED) is 0.650. The lowest BCUT2D eigenvalue weighted by Gasteiger charge is -2.28. The maximum Gasteiger partial charge on any atom is 0.337 e. The minimum Gasteiger partial charge on any atom is -0.494 e. The molecule has 0 saturated carbocycles. The molecule has 0 aliphatic carbocycles. The highest BCUT2D eigenvalue weighted by atomic mass is 16.5. The first-order valence-corrected chi connectivity index (χ1v) is 10.0. The molecule has 1 amide bonds. The number of nitrogens with zero attached hydrogens (tertiary/aromatic N) is 1. The van der Waals surface area contributed by atoms with Crippen LogP contribution < -0.4 is 20.6 Å². The number of carbonyl (C=O) groups excluding carboxylic acids is 1. The van der Waals surface area contributed by atoms with Crippen molar-refractivity contribution in [2.75, 3.05) is 29.9 Å². The van der Waals surface area contributed by atoms with Gasteiger partial charge in [0.1, 0.15) is 11.3 Å². The maximum absolute atomic E-state index is 12.8. The summed E-state index contributed by atoms with van der Waals surface area (Å²) < 4.78 is 10.7. The molecule has 1 N–H and O–H groups in total. The third-order valence-electron chi connectivity index (χ3n) is 5.12. The Morgan fingerprint density at radius 3 is 2.55 bits per heavy atom. The van der Waals surface area contributed by atoms with E-state index >= 15 is 0 Å². The van der Waals surface area contributed by atoms with Crippen molar-refractivity contribution in [2.45, 2.75) is 26.2 Å². The van der Waals surface area contributed by atoms with Crippen molar-refractivity contribution in [3.63, 3.8) is 0 Å². The van der Waals surface area contributed by atoms with Crippen LogP contribution in [0.4, 0.5) is 11.4 Å². The van der Waals surface area contributed by atoms with Crippen molar-refractivity contribution in [1.82, 2.24) is 0 Å². The number of rotatable bonds is 5. The van der Waals surface area contributed by atoms with Gasteiger partial charge >= 0.3 is 5.63 Å². The zero-order valence-corrected chi connectivity index (χ0v) is 16.4. The van der Waals surface area contributed by atoms with Gasteiger partial charge in [0.2, 0.25) is 0 Å². The van der Waals surface area contributed by atoms with E-state index < -0.39 is 5.63 Å². The van der Waals surface area contributed by atoms with Crippen LogP contribution in [0.3, 0.4) is 0 Å². The lowest BCUT2D eigenvalue weighted by atomic mass is 10.1. The minimum absolute atomic E-state index is 0.277. The van der Waals surface area contributed by atoms with Crippen LogP contribution in [0, 0.1) is 0 Å². The molecule has 6 heteroatoms. The molecule has 29 heavy (non-hydrogen) atoms. The van der Waals surface area contributed by atoms with Gasteiger partial charge in [-0.05, 0) is 62.6 Å². The number of amides is 1. The molecule has 1 aliphatic heterocycles. The summed E-state index contributed by atoms with van der Waals surface area (Å²) in [5.41, 5.74) is 1.88. The molecule has 6 nitrogen and oxygen atoms in total. The van der Waals surface area contributed by atoms with Gasteiger partial charge in [0.25, 0.3) is 5.91 Å². The molecule has 0 unspecified atom stereocenters. The first kappa shape index (κ1) is 19.1. The average molecular weight is 392 g/mol. The third-order valence-corrected chi connectivity index (χ3v) is 5.12. The van der Waals surface area contributed by atoms with E-state index in [4.69, 9.17) is 9.15 Å². The molecule has 2 aromatic carbocycles. The smallest absolute Gasteiger partial charge is 0.337 e. The first-order valence-electron chi connectivity index (χ1n) is 10.0. The van der Waals surface area contributed by atoms with Gasteiger partial charge in [-0.15, -0.1) is 0 Å². The van der Waals surface area contributed by atoms with Crippen LogP contribution in [0.5, 0.6) is 5.75 Å². The molecule has 0 atom stereocenters. The molecular formula is C23H24N2O4. The highest BCUT2D eigenvalue weighted by molar-refractivity contribution is 6.12. The van der Waals surface area contributed by atoms with Crippen molar-refractivity contribution < 1.29 is 13.9 Å². The van der Waals surface area contributed by atoms with Crippen molar-refractivity contribution in [2.24, 2.45) is 0 Å². The summed E-state index contributed by atoms with van der Waals surface area (Å²) in [6.07, 6.45) is 3.72. The summed E-state index contributed by atoms with van der Waals surface area (Å²) in [4.78, 5) is 27.2. The monoisotopic (exact) mass is 392 g/mol. The molecule has 3 aromatic rings. The van der Waals surface area contributed by atoms with E-state index in [0.29, 0.717) is 29.0 Å². The Morgan fingerprint density at radius 2 is 1.83 bits per heavy atom. The van der Waals surface area contributed by atoms with Crippen molar-refractivity contribution in [3.05, 3.63) is 64.5 Å². The fraction of sp³-hybridized carbons (Fsp3) is 0.304. The van der Waals surface area contributed by atoms with Crippen LogP contribution in [-0.2, 0) is 0 Å². The zero-order chi connectivity index (χ0) is 20.2. The van der Waals surface area contributed by atoms with Crippen LogP contribution in [0.2, 0.25) is 0 Å². The van der Waals surface area contributed by atoms with E-state index in [2.05, 4.69) is 10.2 Å². The molecule has 150 valence electrons. The molecule has 0 spiro atoms. The Bertz CT molecular complexity index is 1070. The van der Waals surface area contributed by atoms with Crippen LogP contribution in [-0.4, -0.2) is 25.6 Å². The first-order chi connectivity index (χ1) is 14.1. The van der Waals surface area contributed by atoms with E-state index in [1.165, 1.54) is 25.3 Å². The predicted molar refractivity (Wildman–Crippen MR) is 114 cm³/mol. The molecule has 1 fully saturated rings. The number of piperidine rings is 1. The molecule has 2 heterocycles. The number of nitrogens with one attached hydrogen (secondary N) is 1. The van der Waals surface area contributed by atoms with Gasteiger partial charge in [0, 0.05) is 42.0 Å². The van der Waals surface area contributed by atoms with Crippen LogP contribution in [0.15, 0.2) is 57.7 Å². The number of benzene rings is 2. The highest BCUT2D eigenvalue weighted by Crippen LogP contribution is 2.25. The lowest BCUT2D eigenvalue weighted by molar-refractivity contribution is 0.102. The van der Waals surface area contributed by atoms with Gasteiger partial charge < -0.3 is 19.4 Å².